The summed E-state index contributed by atoms with van der Waals surface area (Å²) < 4.78 is 7.48. The number of rotatable bonds is 8. The number of benzene rings is 2. The highest BCUT2D eigenvalue weighted by atomic mass is 32.2. The maximum absolute atomic E-state index is 11.1. The van der Waals surface area contributed by atoms with Crippen molar-refractivity contribution < 1.29 is 24.5 Å². The van der Waals surface area contributed by atoms with E-state index in [0.717, 1.165) is 11.9 Å². The van der Waals surface area contributed by atoms with E-state index in [1.54, 1.807) is 12.1 Å². The van der Waals surface area contributed by atoms with Crippen molar-refractivity contribution in [1.29, 1.82) is 0 Å². The number of nitrogens with one attached hydrogen (secondary N) is 1. The van der Waals surface area contributed by atoms with E-state index in [1.165, 1.54) is 36.4 Å². The lowest BCUT2D eigenvalue weighted by Crippen LogP contribution is -2.21. The molecule has 0 saturated carbocycles. The van der Waals surface area contributed by atoms with Gasteiger partial charge in [-0.05, 0) is 23.6 Å². The van der Waals surface area contributed by atoms with Crippen LogP contribution < -0.4 is 4.72 Å². The Kier molecular flexibility index (Phi) is 6.47. The Bertz CT molecular complexity index is 813. The van der Waals surface area contributed by atoms with Gasteiger partial charge in [0.2, 0.25) is 0 Å². The molecule has 10 nitrogen and oxygen atoms in total. The largest absolute Gasteiger partial charge is 0.505 e. The second-order valence-corrected chi connectivity index (χ2v) is 5.80. The van der Waals surface area contributed by atoms with Crippen molar-refractivity contribution >= 4 is 29.5 Å². The SMILES string of the molecule is O=C(O)OCC(NSc1ccccc1[N+](=O)[O-])c1ccc([N+](=O)[O-])cc1. The first-order chi connectivity index (χ1) is 12.4. The molecule has 0 aromatic heterocycles. The van der Waals surface area contributed by atoms with Crippen LogP contribution in [-0.4, -0.2) is 27.7 Å². The second-order valence-electron chi connectivity index (χ2n) is 4.92. The predicted octanol–water partition coefficient (Wildman–Crippen LogP) is 3.54. The Morgan fingerprint density at radius 1 is 1.12 bits per heavy atom. The molecule has 0 aliphatic rings. The van der Waals surface area contributed by atoms with Gasteiger partial charge in [0.1, 0.15) is 11.5 Å². The van der Waals surface area contributed by atoms with E-state index < -0.39 is 22.0 Å². The van der Waals surface area contributed by atoms with Gasteiger partial charge in [0, 0.05) is 18.2 Å². The van der Waals surface area contributed by atoms with Crippen molar-refractivity contribution in [2.45, 2.75) is 10.9 Å². The van der Waals surface area contributed by atoms with Crippen LogP contribution in [0.15, 0.2) is 53.4 Å². The van der Waals surface area contributed by atoms with E-state index >= 15 is 0 Å². The highest BCUT2D eigenvalue weighted by Gasteiger charge is 2.19. The van der Waals surface area contributed by atoms with Crippen molar-refractivity contribution in [2.75, 3.05) is 6.61 Å². The fourth-order valence-corrected chi connectivity index (χ4v) is 2.88. The van der Waals surface area contributed by atoms with Crippen LogP contribution in [0.2, 0.25) is 0 Å². The molecule has 1 atom stereocenters. The quantitative estimate of drug-likeness (QED) is 0.304. The maximum atomic E-state index is 11.1. The topological polar surface area (TPSA) is 145 Å². The summed E-state index contributed by atoms with van der Waals surface area (Å²) in [5, 5.41) is 30.5. The van der Waals surface area contributed by atoms with Gasteiger partial charge in [0.05, 0.1) is 15.9 Å². The summed E-state index contributed by atoms with van der Waals surface area (Å²) in [6.45, 7) is -0.277. The first-order valence-electron chi connectivity index (χ1n) is 7.14. The average Bonchev–Trinajstić information content (AvgIpc) is 2.62. The molecule has 11 heteroatoms. The zero-order valence-electron chi connectivity index (χ0n) is 13.1. The number of ether oxygens (including phenoxy) is 1. The first-order valence-corrected chi connectivity index (χ1v) is 7.96. The predicted molar refractivity (Wildman–Crippen MR) is 91.9 cm³/mol. The van der Waals surface area contributed by atoms with Gasteiger partial charge >= 0.3 is 6.16 Å². The minimum absolute atomic E-state index is 0.105. The fourth-order valence-electron chi connectivity index (χ4n) is 2.01. The number of hydrogen-bond donors (Lipinski definition) is 2. The maximum Gasteiger partial charge on any atom is 0.505 e. The summed E-state index contributed by atoms with van der Waals surface area (Å²) in [5.74, 6) is 0. The van der Waals surface area contributed by atoms with Gasteiger partial charge in [0.25, 0.3) is 11.4 Å². The van der Waals surface area contributed by atoms with Crippen LogP contribution in [0.3, 0.4) is 0 Å². The summed E-state index contributed by atoms with van der Waals surface area (Å²) in [6, 6.07) is 10.9. The Morgan fingerprint density at radius 2 is 1.77 bits per heavy atom. The number of nitro groups is 2. The lowest BCUT2D eigenvalue weighted by atomic mass is 10.1. The van der Waals surface area contributed by atoms with Crippen LogP contribution in [0, 0.1) is 20.2 Å². The number of non-ortho nitro benzene ring substituents is 1. The number of nitrogens with zero attached hydrogens (tertiary/aromatic N) is 2. The smallest absolute Gasteiger partial charge is 0.450 e. The van der Waals surface area contributed by atoms with E-state index in [9.17, 15) is 25.0 Å². The van der Waals surface area contributed by atoms with Crippen LogP contribution in [-0.2, 0) is 4.74 Å². The zero-order chi connectivity index (χ0) is 19.1. The van der Waals surface area contributed by atoms with Gasteiger partial charge < -0.3 is 9.84 Å². The van der Waals surface area contributed by atoms with Crippen LogP contribution in [0.5, 0.6) is 0 Å². The lowest BCUT2D eigenvalue weighted by Gasteiger charge is -2.17. The van der Waals surface area contributed by atoms with E-state index in [0.29, 0.717) is 10.5 Å². The van der Waals surface area contributed by atoms with Gasteiger partial charge in [-0.25, -0.2) is 9.52 Å². The number of nitro benzene ring substituents is 2. The molecule has 0 spiro atoms. The van der Waals surface area contributed by atoms with Crippen LogP contribution in [0.25, 0.3) is 0 Å². The van der Waals surface area contributed by atoms with Crippen molar-refractivity contribution in [1.82, 2.24) is 4.72 Å². The molecule has 2 aromatic carbocycles. The zero-order valence-corrected chi connectivity index (χ0v) is 13.9. The Hall–Kier alpha value is -3.18. The molecule has 0 fully saturated rings. The van der Waals surface area contributed by atoms with Crippen molar-refractivity contribution in [3.63, 3.8) is 0 Å². The molecule has 26 heavy (non-hydrogen) atoms. The molecule has 1 unspecified atom stereocenters. The molecule has 0 bridgehead atoms. The minimum Gasteiger partial charge on any atom is -0.450 e. The van der Waals surface area contributed by atoms with E-state index in [1.807, 2.05) is 0 Å². The number of hydrogen-bond acceptors (Lipinski definition) is 8. The standard InChI is InChI=1S/C15H13N3O7S/c19-15(20)25-9-12(10-5-7-11(8-6-10)17(21)22)16-26-14-4-2-1-3-13(14)18(23)24/h1-8,12,16H,9H2,(H,19,20). The van der Waals surface area contributed by atoms with Gasteiger partial charge in [-0.1, -0.05) is 24.3 Å². The molecule has 0 amide bonds. The average molecular weight is 379 g/mol. The molecule has 136 valence electrons. The molecular formula is C15H13N3O7S. The summed E-state index contributed by atoms with van der Waals surface area (Å²) in [4.78, 5) is 31.7. The summed E-state index contributed by atoms with van der Waals surface area (Å²) in [7, 11) is 0. The molecule has 0 heterocycles. The third-order valence-electron chi connectivity index (χ3n) is 3.25. The van der Waals surface area contributed by atoms with Crippen molar-refractivity contribution in [2.24, 2.45) is 0 Å². The molecular weight excluding hydrogens is 366 g/mol. The highest BCUT2D eigenvalue weighted by Crippen LogP contribution is 2.29. The van der Waals surface area contributed by atoms with Crippen LogP contribution in [0.1, 0.15) is 11.6 Å². The summed E-state index contributed by atoms with van der Waals surface area (Å²) in [5.41, 5.74) is 0.313. The van der Waals surface area contributed by atoms with E-state index in [4.69, 9.17) is 5.11 Å². The Labute approximate surface area is 151 Å². The normalized spacial score (nSPS) is 11.5. The summed E-state index contributed by atoms with van der Waals surface area (Å²) >= 11 is 0.942. The third kappa shape index (κ3) is 5.16. The molecule has 0 aliphatic carbocycles. The van der Waals surface area contributed by atoms with E-state index in [2.05, 4.69) is 9.46 Å². The van der Waals surface area contributed by atoms with Crippen molar-refractivity contribution in [3.05, 3.63) is 74.3 Å². The molecule has 2 rings (SSSR count). The highest BCUT2D eigenvalue weighted by molar-refractivity contribution is 7.97. The monoisotopic (exact) mass is 379 g/mol. The lowest BCUT2D eigenvalue weighted by molar-refractivity contribution is -0.387. The molecule has 0 radical (unpaired) electrons. The van der Waals surface area contributed by atoms with Crippen LogP contribution in [0.4, 0.5) is 16.2 Å². The summed E-state index contributed by atoms with van der Waals surface area (Å²) in [6.07, 6.45) is -1.48. The van der Waals surface area contributed by atoms with Gasteiger partial charge in [-0.3, -0.25) is 20.2 Å². The molecule has 2 N–H and O–H groups in total. The first kappa shape index (κ1) is 19.1. The van der Waals surface area contributed by atoms with Gasteiger partial charge in [-0.15, -0.1) is 0 Å². The molecule has 0 saturated heterocycles. The Balaban J connectivity index is 2.18. The number of para-hydroxylation sites is 1. The number of carbonyl (C=O) groups is 1. The molecule has 2 aromatic rings. The second kappa shape index (κ2) is 8.78. The number of carboxylic acid groups (broad SMARTS) is 1. The van der Waals surface area contributed by atoms with Gasteiger partial charge in [-0.2, -0.15) is 0 Å². The van der Waals surface area contributed by atoms with E-state index in [-0.39, 0.29) is 18.0 Å². The minimum atomic E-state index is -1.48. The van der Waals surface area contributed by atoms with Crippen LogP contribution >= 0.6 is 11.9 Å². The third-order valence-corrected chi connectivity index (χ3v) is 4.22. The fraction of sp³-hybridized carbons (Fsp3) is 0.133. The van der Waals surface area contributed by atoms with Crippen molar-refractivity contribution in [3.8, 4) is 0 Å². The van der Waals surface area contributed by atoms with Gasteiger partial charge in [0.15, 0.2) is 0 Å². The molecule has 0 aliphatic heterocycles. The Morgan fingerprint density at radius 3 is 2.35 bits per heavy atom.